The first-order valence-corrected chi connectivity index (χ1v) is 10.3. The van der Waals surface area contributed by atoms with E-state index in [2.05, 4.69) is 10.6 Å². The Kier molecular flexibility index (Phi) is 5.93. The summed E-state index contributed by atoms with van der Waals surface area (Å²) in [5.41, 5.74) is 3.11. The summed E-state index contributed by atoms with van der Waals surface area (Å²) < 4.78 is 5.26. The Hall–Kier alpha value is -3.35. The minimum atomic E-state index is -0.608. The Labute approximate surface area is 190 Å². The molecule has 3 aromatic carbocycles. The minimum Gasteiger partial charge on any atom is -0.503 e. The van der Waals surface area contributed by atoms with E-state index in [1.807, 2.05) is 48.5 Å². The molecule has 3 N–H and O–H groups in total. The number of carbonyl (C=O) groups excluding carboxylic acids is 1. The number of hydrogen-bond donors (Lipinski definition) is 3. The van der Waals surface area contributed by atoms with Gasteiger partial charge in [-0.25, -0.2) is 0 Å². The molecule has 156 valence electrons. The highest BCUT2D eigenvalue weighted by molar-refractivity contribution is 7.80. The van der Waals surface area contributed by atoms with Crippen LogP contribution in [0.4, 0.5) is 0 Å². The second-order valence-corrected chi connectivity index (χ2v) is 7.75. The Morgan fingerprint density at radius 1 is 1.06 bits per heavy atom. The van der Waals surface area contributed by atoms with Crippen LogP contribution in [0, 0.1) is 0 Å². The van der Waals surface area contributed by atoms with Gasteiger partial charge >= 0.3 is 0 Å². The highest BCUT2D eigenvalue weighted by Crippen LogP contribution is 2.40. The molecule has 31 heavy (non-hydrogen) atoms. The molecule has 0 fully saturated rings. The van der Waals surface area contributed by atoms with Crippen LogP contribution < -0.4 is 15.4 Å². The normalized spacial score (nSPS) is 15.8. The van der Waals surface area contributed by atoms with Crippen LogP contribution in [0.3, 0.4) is 0 Å². The molecule has 0 bridgehead atoms. The predicted molar refractivity (Wildman–Crippen MR) is 125 cm³/mol. The summed E-state index contributed by atoms with van der Waals surface area (Å²) in [7, 11) is 1.44. The van der Waals surface area contributed by atoms with E-state index < -0.39 is 6.04 Å². The number of Topliss-reactive ketones (excluding diaryl/α,β-unsaturated/α-hetero) is 1. The van der Waals surface area contributed by atoms with Crippen LogP contribution >= 0.6 is 23.8 Å². The molecule has 1 heterocycles. The first kappa shape index (κ1) is 20.9. The lowest BCUT2D eigenvalue weighted by molar-refractivity contribution is 0.102. The summed E-state index contributed by atoms with van der Waals surface area (Å²) in [5, 5.41) is 17.0. The molecule has 0 unspecified atom stereocenters. The Morgan fingerprint density at radius 2 is 1.71 bits per heavy atom. The Bertz CT molecular complexity index is 1180. The van der Waals surface area contributed by atoms with Crippen LogP contribution in [0.15, 0.2) is 78.4 Å². The molecule has 0 saturated heterocycles. The Morgan fingerprint density at radius 3 is 2.35 bits per heavy atom. The van der Waals surface area contributed by atoms with Gasteiger partial charge < -0.3 is 20.5 Å². The van der Waals surface area contributed by atoms with Gasteiger partial charge in [-0.3, -0.25) is 4.79 Å². The quantitative estimate of drug-likeness (QED) is 0.380. The number of rotatable bonds is 5. The number of halogens is 1. The molecule has 0 amide bonds. The number of thiocarbonyl (C=S) groups is 1. The van der Waals surface area contributed by atoms with Gasteiger partial charge in [0.15, 0.2) is 22.4 Å². The smallest absolute Gasteiger partial charge is 0.193 e. The number of benzene rings is 3. The van der Waals surface area contributed by atoms with Crippen LogP contribution in [0.2, 0.25) is 5.02 Å². The van der Waals surface area contributed by atoms with Gasteiger partial charge in [0.05, 0.1) is 29.4 Å². The third-order valence-electron chi connectivity index (χ3n) is 5.02. The number of ether oxygens (including phenoxy) is 1. The second-order valence-electron chi connectivity index (χ2n) is 6.93. The van der Waals surface area contributed by atoms with E-state index in [-0.39, 0.29) is 22.3 Å². The molecule has 7 heteroatoms. The van der Waals surface area contributed by atoms with Crippen molar-refractivity contribution in [2.45, 2.75) is 6.04 Å². The number of hydrogen-bond acceptors (Lipinski definition) is 4. The summed E-state index contributed by atoms with van der Waals surface area (Å²) in [6, 6.07) is 21.2. The largest absolute Gasteiger partial charge is 0.503 e. The van der Waals surface area contributed by atoms with Crippen molar-refractivity contribution in [2.75, 3.05) is 7.11 Å². The van der Waals surface area contributed by atoms with E-state index in [4.69, 9.17) is 28.6 Å². The fraction of sp³-hybridized carbons (Fsp3) is 0.0833. The highest BCUT2D eigenvalue weighted by atomic mass is 35.5. The maximum absolute atomic E-state index is 13.7. The summed E-state index contributed by atoms with van der Waals surface area (Å²) in [6.07, 6.45) is 0. The SMILES string of the molecule is COc1cc([C@H]2NC(=S)NC(c3ccccc3)=C2C(=O)c2ccccc2)cc(Cl)c1O. The molecule has 0 aliphatic carbocycles. The van der Waals surface area contributed by atoms with E-state index in [9.17, 15) is 9.90 Å². The number of aromatic hydroxyl groups is 1. The monoisotopic (exact) mass is 450 g/mol. The molecular weight excluding hydrogens is 432 g/mol. The number of phenolic OH excluding ortho intramolecular Hbond substituents is 1. The highest BCUT2D eigenvalue weighted by Gasteiger charge is 2.33. The average Bonchev–Trinajstić information content (AvgIpc) is 2.81. The maximum Gasteiger partial charge on any atom is 0.193 e. The van der Waals surface area contributed by atoms with Crippen molar-refractivity contribution in [1.29, 1.82) is 0 Å². The van der Waals surface area contributed by atoms with E-state index in [1.165, 1.54) is 7.11 Å². The van der Waals surface area contributed by atoms with Crippen LogP contribution in [0.1, 0.15) is 27.5 Å². The van der Waals surface area contributed by atoms with Crippen molar-refractivity contribution >= 4 is 40.4 Å². The number of methoxy groups -OCH3 is 1. The lowest BCUT2D eigenvalue weighted by atomic mass is 9.87. The molecule has 0 radical (unpaired) electrons. The standard InChI is InChI=1S/C24H19ClN2O3S/c1-30-18-13-16(12-17(25)23(18)29)21-19(22(28)15-10-6-3-7-11-15)20(26-24(31)27-21)14-8-4-2-5-9-14/h2-13,21,29H,1H3,(H2,26,27,31)/t21-/m1/s1. The van der Waals surface area contributed by atoms with Gasteiger partial charge in [-0.05, 0) is 35.5 Å². The van der Waals surface area contributed by atoms with Crippen LogP contribution in [-0.4, -0.2) is 23.1 Å². The molecular formula is C24H19ClN2O3S. The number of phenols is 1. The van der Waals surface area contributed by atoms with Gasteiger partial charge in [0, 0.05) is 5.56 Å². The van der Waals surface area contributed by atoms with Gasteiger partial charge in [-0.2, -0.15) is 0 Å². The maximum atomic E-state index is 13.7. The zero-order valence-corrected chi connectivity index (χ0v) is 18.1. The first-order valence-electron chi connectivity index (χ1n) is 9.53. The summed E-state index contributed by atoms with van der Waals surface area (Å²) in [4.78, 5) is 13.7. The zero-order valence-electron chi connectivity index (χ0n) is 16.6. The molecule has 0 spiro atoms. The molecule has 4 rings (SSSR count). The molecule has 1 aliphatic heterocycles. The summed E-state index contributed by atoms with van der Waals surface area (Å²) in [6.45, 7) is 0. The van der Waals surface area contributed by atoms with Gasteiger partial charge in [0.25, 0.3) is 0 Å². The van der Waals surface area contributed by atoms with Crippen molar-refractivity contribution in [1.82, 2.24) is 10.6 Å². The van der Waals surface area contributed by atoms with E-state index in [0.29, 0.717) is 27.5 Å². The zero-order chi connectivity index (χ0) is 22.0. The fourth-order valence-electron chi connectivity index (χ4n) is 3.55. The van der Waals surface area contributed by atoms with Crippen LogP contribution in [0.5, 0.6) is 11.5 Å². The van der Waals surface area contributed by atoms with Gasteiger partial charge in [0.1, 0.15) is 0 Å². The number of ketones is 1. The lowest BCUT2D eigenvalue weighted by Gasteiger charge is -2.32. The number of nitrogens with one attached hydrogen (secondary N) is 2. The van der Waals surface area contributed by atoms with Gasteiger partial charge in [-0.15, -0.1) is 0 Å². The van der Waals surface area contributed by atoms with Crippen molar-refractivity contribution in [3.8, 4) is 11.5 Å². The lowest BCUT2D eigenvalue weighted by Crippen LogP contribution is -2.45. The molecule has 1 aliphatic rings. The topological polar surface area (TPSA) is 70.6 Å². The van der Waals surface area contributed by atoms with Crippen molar-refractivity contribution < 1.29 is 14.6 Å². The van der Waals surface area contributed by atoms with Crippen molar-refractivity contribution in [3.05, 3.63) is 100 Å². The van der Waals surface area contributed by atoms with Crippen LogP contribution in [0.25, 0.3) is 5.70 Å². The minimum absolute atomic E-state index is 0.119. The van der Waals surface area contributed by atoms with Gasteiger partial charge in [0.2, 0.25) is 0 Å². The van der Waals surface area contributed by atoms with Crippen molar-refractivity contribution in [2.24, 2.45) is 0 Å². The summed E-state index contributed by atoms with van der Waals surface area (Å²) >= 11 is 11.7. The third kappa shape index (κ3) is 4.13. The first-order chi connectivity index (χ1) is 15.0. The fourth-order valence-corrected chi connectivity index (χ4v) is 3.99. The molecule has 0 saturated carbocycles. The van der Waals surface area contributed by atoms with Gasteiger partial charge in [-0.1, -0.05) is 72.3 Å². The van der Waals surface area contributed by atoms with Crippen LogP contribution in [-0.2, 0) is 0 Å². The second kappa shape index (κ2) is 8.79. The molecule has 5 nitrogen and oxygen atoms in total. The Balaban J connectivity index is 1.96. The predicted octanol–water partition coefficient (Wildman–Crippen LogP) is 4.87. The third-order valence-corrected chi connectivity index (χ3v) is 5.53. The van der Waals surface area contributed by atoms with E-state index >= 15 is 0 Å². The van der Waals surface area contributed by atoms with E-state index in [1.54, 1.807) is 24.3 Å². The molecule has 0 aromatic heterocycles. The molecule has 3 aromatic rings. The average molecular weight is 451 g/mol. The summed E-state index contributed by atoms with van der Waals surface area (Å²) in [5.74, 6) is -0.107. The van der Waals surface area contributed by atoms with E-state index in [0.717, 1.165) is 5.56 Å². The van der Waals surface area contributed by atoms with Crippen molar-refractivity contribution in [3.63, 3.8) is 0 Å². The molecule has 1 atom stereocenters. The number of carbonyl (C=O) groups is 1.